The topological polar surface area (TPSA) is 66.0 Å². The van der Waals surface area contributed by atoms with Gasteiger partial charge in [-0.1, -0.05) is 29.4 Å². The van der Waals surface area contributed by atoms with Crippen LogP contribution in [-0.2, 0) is 24.1 Å². The summed E-state index contributed by atoms with van der Waals surface area (Å²) in [6.45, 7) is 0.712. The molecule has 0 spiro atoms. The minimum Gasteiger partial charge on any atom is -0.365 e. The zero-order valence-electron chi connectivity index (χ0n) is 15.8. The molecule has 2 aromatic heterocycles. The lowest BCUT2D eigenvalue weighted by Gasteiger charge is -2.25. The lowest BCUT2D eigenvalue weighted by atomic mass is 10.1. The zero-order chi connectivity index (χ0) is 21.6. The lowest BCUT2D eigenvalue weighted by Crippen LogP contribution is -2.20. The summed E-state index contributed by atoms with van der Waals surface area (Å²) in [5.74, 6) is -0.00993. The highest BCUT2D eigenvalue weighted by Crippen LogP contribution is 2.33. The van der Waals surface area contributed by atoms with Crippen LogP contribution in [-0.4, -0.2) is 19.7 Å². The number of imidazole rings is 1. The van der Waals surface area contributed by atoms with E-state index < -0.39 is 11.7 Å². The van der Waals surface area contributed by atoms with E-state index in [0.717, 1.165) is 23.4 Å². The molecule has 1 aliphatic rings. The van der Waals surface area contributed by atoms with Crippen molar-refractivity contribution in [2.24, 2.45) is 0 Å². The van der Waals surface area contributed by atoms with Gasteiger partial charge in [0.1, 0.15) is 11.9 Å². The molecule has 0 N–H and O–H groups in total. The molecule has 3 heterocycles. The Hall–Kier alpha value is -3.53. The maximum Gasteiger partial charge on any atom is 0.416 e. The van der Waals surface area contributed by atoms with Crippen molar-refractivity contribution in [2.75, 3.05) is 0 Å². The SMILES string of the molecule is Fc1ccc([C@@H]2Cn3cnc(-c4nc(-c5ccc(C(F)(F)F)cc5)no4)c3CO2)cc1. The van der Waals surface area contributed by atoms with E-state index in [2.05, 4.69) is 15.1 Å². The number of hydrogen-bond acceptors (Lipinski definition) is 5. The van der Waals surface area contributed by atoms with Gasteiger partial charge < -0.3 is 13.8 Å². The highest BCUT2D eigenvalue weighted by atomic mass is 19.4. The second-order valence-electron chi connectivity index (χ2n) is 7.04. The van der Waals surface area contributed by atoms with Gasteiger partial charge in [-0.15, -0.1) is 0 Å². The first-order valence-corrected chi connectivity index (χ1v) is 9.31. The predicted octanol–water partition coefficient (Wildman–Crippen LogP) is 5.03. The molecule has 0 aliphatic carbocycles. The Bertz CT molecular complexity index is 1210. The second kappa shape index (κ2) is 7.31. The molecule has 0 amide bonds. The molecule has 31 heavy (non-hydrogen) atoms. The summed E-state index contributed by atoms with van der Waals surface area (Å²) in [4.78, 5) is 8.62. The van der Waals surface area contributed by atoms with Crippen molar-refractivity contribution in [1.82, 2.24) is 19.7 Å². The number of fused-ring (bicyclic) bond motifs is 1. The van der Waals surface area contributed by atoms with Gasteiger partial charge in [0.05, 0.1) is 30.7 Å². The van der Waals surface area contributed by atoms with E-state index in [1.165, 1.54) is 24.3 Å². The van der Waals surface area contributed by atoms with Gasteiger partial charge in [0, 0.05) is 5.56 Å². The highest BCUT2D eigenvalue weighted by molar-refractivity contribution is 5.59. The molecule has 0 radical (unpaired) electrons. The third-order valence-electron chi connectivity index (χ3n) is 5.07. The summed E-state index contributed by atoms with van der Waals surface area (Å²) in [6, 6.07) is 10.6. The molecule has 0 bridgehead atoms. The van der Waals surface area contributed by atoms with Gasteiger partial charge in [-0.2, -0.15) is 18.2 Å². The highest BCUT2D eigenvalue weighted by Gasteiger charge is 2.30. The van der Waals surface area contributed by atoms with Gasteiger partial charge >= 0.3 is 6.18 Å². The molecule has 1 atom stereocenters. The fraction of sp³-hybridized carbons (Fsp3) is 0.190. The van der Waals surface area contributed by atoms with Crippen molar-refractivity contribution in [3.63, 3.8) is 0 Å². The molecular formula is C21H14F4N4O2. The van der Waals surface area contributed by atoms with Gasteiger partial charge in [-0.05, 0) is 29.8 Å². The summed E-state index contributed by atoms with van der Waals surface area (Å²) >= 11 is 0. The van der Waals surface area contributed by atoms with Crippen molar-refractivity contribution in [2.45, 2.75) is 25.4 Å². The van der Waals surface area contributed by atoms with Crippen LogP contribution in [0.15, 0.2) is 59.4 Å². The van der Waals surface area contributed by atoms with E-state index >= 15 is 0 Å². The molecule has 6 nitrogen and oxygen atoms in total. The summed E-state index contributed by atoms with van der Waals surface area (Å²) in [5.41, 5.74) is 1.67. The first-order valence-electron chi connectivity index (χ1n) is 9.31. The third kappa shape index (κ3) is 3.70. The molecule has 2 aromatic carbocycles. The summed E-state index contributed by atoms with van der Waals surface area (Å²) in [6.07, 6.45) is -3.03. The number of alkyl halides is 3. The van der Waals surface area contributed by atoms with E-state index in [1.807, 2.05) is 4.57 Å². The van der Waals surface area contributed by atoms with Crippen LogP contribution in [0.5, 0.6) is 0 Å². The van der Waals surface area contributed by atoms with E-state index in [0.29, 0.717) is 17.8 Å². The average molecular weight is 430 g/mol. The molecule has 10 heteroatoms. The zero-order valence-corrected chi connectivity index (χ0v) is 15.8. The Kier molecular flexibility index (Phi) is 4.58. The Balaban J connectivity index is 1.37. The van der Waals surface area contributed by atoms with Crippen molar-refractivity contribution in [1.29, 1.82) is 0 Å². The molecule has 1 aliphatic heterocycles. The van der Waals surface area contributed by atoms with E-state index in [1.54, 1.807) is 18.5 Å². The van der Waals surface area contributed by atoms with Gasteiger partial charge in [0.15, 0.2) is 5.69 Å². The Morgan fingerprint density at radius 2 is 1.74 bits per heavy atom. The Morgan fingerprint density at radius 1 is 1.00 bits per heavy atom. The van der Waals surface area contributed by atoms with Crippen LogP contribution in [0.3, 0.4) is 0 Å². The Labute approximate surface area is 173 Å². The molecule has 5 rings (SSSR count). The number of benzene rings is 2. The van der Waals surface area contributed by atoms with Gasteiger partial charge in [0.25, 0.3) is 5.89 Å². The number of ether oxygens (including phenoxy) is 1. The molecule has 0 fully saturated rings. The number of rotatable bonds is 3. The smallest absolute Gasteiger partial charge is 0.365 e. The third-order valence-corrected chi connectivity index (χ3v) is 5.07. The predicted molar refractivity (Wildman–Crippen MR) is 99.9 cm³/mol. The fourth-order valence-corrected chi connectivity index (χ4v) is 3.43. The summed E-state index contributed by atoms with van der Waals surface area (Å²) in [5, 5.41) is 3.86. The van der Waals surface area contributed by atoms with Crippen molar-refractivity contribution in [3.8, 4) is 23.0 Å². The Morgan fingerprint density at radius 3 is 2.45 bits per heavy atom. The van der Waals surface area contributed by atoms with Gasteiger partial charge in [0.2, 0.25) is 5.82 Å². The van der Waals surface area contributed by atoms with Crippen LogP contribution >= 0.6 is 0 Å². The van der Waals surface area contributed by atoms with Crippen LogP contribution in [0.2, 0.25) is 0 Å². The molecule has 4 aromatic rings. The van der Waals surface area contributed by atoms with Crippen LogP contribution in [0, 0.1) is 5.82 Å². The van der Waals surface area contributed by atoms with Gasteiger partial charge in [-0.25, -0.2) is 9.37 Å². The maximum atomic E-state index is 13.2. The normalized spacial score (nSPS) is 16.3. The van der Waals surface area contributed by atoms with Crippen LogP contribution in [0.25, 0.3) is 23.0 Å². The molecule has 158 valence electrons. The number of aromatic nitrogens is 4. The first kappa shape index (κ1) is 19.4. The largest absolute Gasteiger partial charge is 0.416 e. The van der Waals surface area contributed by atoms with Crippen LogP contribution in [0.4, 0.5) is 17.6 Å². The standard InChI is InChI=1S/C21H14F4N4O2/c22-15-7-3-12(4-8-15)17-9-29-11-26-18(16(29)10-30-17)20-27-19(28-31-20)13-1-5-14(6-2-13)21(23,24)25/h1-8,11,17H,9-10H2/t17-/m0/s1. The van der Waals surface area contributed by atoms with Crippen molar-refractivity contribution in [3.05, 3.63) is 77.5 Å². The minimum atomic E-state index is -4.41. The molecule has 0 saturated carbocycles. The molecular weight excluding hydrogens is 416 g/mol. The van der Waals surface area contributed by atoms with Crippen LogP contribution < -0.4 is 0 Å². The summed E-state index contributed by atoms with van der Waals surface area (Å²) in [7, 11) is 0. The molecule has 0 unspecified atom stereocenters. The number of nitrogens with zero attached hydrogens (tertiary/aromatic N) is 4. The number of hydrogen-bond donors (Lipinski definition) is 0. The van der Waals surface area contributed by atoms with Crippen LogP contribution in [0.1, 0.15) is 22.9 Å². The van der Waals surface area contributed by atoms with E-state index in [4.69, 9.17) is 9.26 Å². The monoisotopic (exact) mass is 430 g/mol. The van der Waals surface area contributed by atoms with Crippen molar-refractivity contribution < 1.29 is 26.8 Å². The van der Waals surface area contributed by atoms with E-state index in [9.17, 15) is 17.6 Å². The quantitative estimate of drug-likeness (QED) is 0.427. The lowest BCUT2D eigenvalue weighted by molar-refractivity contribution is -0.137. The average Bonchev–Trinajstić information content (AvgIpc) is 3.40. The minimum absolute atomic E-state index is 0.146. The fourth-order valence-electron chi connectivity index (χ4n) is 3.43. The summed E-state index contributed by atoms with van der Waals surface area (Å²) < 4.78 is 64.5. The second-order valence-corrected chi connectivity index (χ2v) is 7.04. The maximum absolute atomic E-state index is 13.2. The number of halogens is 4. The first-order chi connectivity index (χ1) is 14.9. The molecule has 0 saturated heterocycles. The van der Waals surface area contributed by atoms with E-state index in [-0.39, 0.29) is 30.2 Å². The van der Waals surface area contributed by atoms with Gasteiger partial charge in [-0.3, -0.25) is 0 Å². The van der Waals surface area contributed by atoms with Crippen molar-refractivity contribution >= 4 is 0 Å².